The Kier molecular flexibility index (Phi) is 6.15. The third kappa shape index (κ3) is 4.90. The number of rotatable bonds is 6. The molecule has 1 amide bonds. The van der Waals surface area contributed by atoms with Gasteiger partial charge < -0.3 is 5.32 Å². The van der Waals surface area contributed by atoms with Gasteiger partial charge in [-0.3, -0.25) is 4.79 Å². The van der Waals surface area contributed by atoms with E-state index in [9.17, 15) is 13.2 Å². The number of hydrogen-bond acceptors (Lipinski definition) is 3. The number of carbonyl (C=O) groups is 1. The minimum absolute atomic E-state index is 0.133. The number of halogens is 1. The van der Waals surface area contributed by atoms with E-state index in [1.807, 2.05) is 19.9 Å². The first-order valence-electron chi connectivity index (χ1n) is 7.51. The Morgan fingerprint density at radius 3 is 2.42 bits per heavy atom. The fraction of sp³-hybridized carbons (Fsp3) is 0.235. The zero-order chi connectivity index (χ0) is 17.7. The molecule has 2 N–H and O–H groups in total. The Balaban J connectivity index is 2.11. The Morgan fingerprint density at radius 1 is 1.17 bits per heavy atom. The van der Waals surface area contributed by atoms with Crippen molar-refractivity contribution in [2.24, 2.45) is 0 Å². The summed E-state index contributed by atoms with van der Waals surface area (Å²) in [4.78, 5) is 12.3. The van der Waals surface area contributed by atoms with Crippen molar-refractivity contribution in [1.29, 1.82) is 0 Å². The molecule has 0 saturated carbocycles. The van der Waals surface area contributed by atoms with Gasteiger partial charge in [-0.2, -0.15) is 0 Å². The summed E-state index contributed by atoms with van der Waals surface area (Å²) in [6, 6.07) is 13.0. The summed E-state index contributed by atoms with van der Waals surface area (Å²) >= 11 is 3.32. The molecule has 0 fully saturated rings. The smallest absolute Gasteiger partial charge is 0.255 e. The molecular weight excluding hydrogens is 392 g/mol. The summed E-state index contributed by atoms with van der Waals surface area (Å²) in [5.41, 5.74) is 1.04. The molecule has 0 radical (unpaired) electrons. The van der Waals surface area contributed by atoms with Gasteiger partial charge in [0, 0.05) is 21.8 Å². The van der Waals surface area contributed by atoms with Gasteiger partial charge in [0.25, 0.3) is 5.91 Å². The van der Waals surface area contributed by atoms with Gasteiger partial charge in [0.1, 0.15) is 0 Å². The molecule has 2 rings (SSSR count). The highest BCUT2D eigenvalue weighted by Gasteiger charge is 2.16. The number of benzene rings is 2. The Labute approximate surface area is 150 Å². The van der Waals surface area contributed by atoms with E-state index in [0.717, 1.165) is 4.47 Å². The summed E-state index contributed by atoms with van der Waals surface area (Å²) in [5, 5.41) is 2.74. The first-order chi connectivity index (χ1) is 11.3. The fourth-order valence-corrected chi connectivity index (χ4v) is 3.69. The second-order valence-corrected chi connectivity index (χ2v) is 8.05. The van der Waals surface area contributed by atoms with Crippen LogP contribution in [0.2, 0.25) is 0 Å². The minimum Gasteiger partial charge on any atom is -0.322 e. The highest BCUT2D eigenvalue weighted by Crippen LogP contribution is 2.17. The van der Waals surface area contributed by atoms with Crippen LogP contribution in [0.5, 0.6) is 0 Å². The van der Waals surface area contributed by atoms with Crippen LogP contribution in [-0.2, 0) is 10.0 Å². The fourth-order valence-electron chi connectivity index (χ4n) is 1.97. The lowest BCUT2D eigenvalue weighted by atomic mass is 10.2. The molecule has 0 aliphatic rings. The van der Waals surface area contributed by atoms with Crippen LogP contribution in [0.25, 0.3) is 0 Å². The van der Waals surface area contributed by atoms with Crippen molar-refractivity contribution in [1.82, 2.24) is 4.72 Å². The lowest BCUT2D eigenvalue weighted by molar-refractivity contribution is 0.102. The van der Waals surface area contributed by atoms with Crippen molar-refractivity contribution in [2.45, 2.75) is 31.2 Å². The topological polar surface area (TPSA) is 75.3 Å². The molecule has 7 heteroatoms. The lowest BCUT2D eigenvalue weighted by Gasteiger charge is -2.12. The van der Waals surface area contributed by atoms with E-state index in [1.54, 1.807) is 30.3 Å². The van der Waals surface area contributed by atoms with Crippen LogP contribution in [0.1, 0.15) is 30.6 Å². The van der Waals surface area contributed by atoms with Gasteiger partial charge in [0.2, 0.25) is 10.0 Å². The van der Waals surface area contributed by atoms with E-state index in [1.165, 1.54) is 12.1 Å². The van der Waals surface area contributed by atoms with Gasteiger partial charge in [-0.1, -0.05) is 28.9 Å². The predicted octanol–water partition coefficient (Wildman–Crippen LogP) is 3.78. The molecule has 128 valence electrons. The Morgan fingerprint density at radius 2 is 1.83 bits per heavy atom. The predicted molar refractivity (Wildman–Crippen MR) is 98.6 cm³/mol. The lowest BCUT2D eigenvalue weighted by Crippen LogP contribution is -2.31. The number of nitrogens with one attached hydrogen (secondary N) is 2. The minimum atomic E-state index is -3.54. The molecule has 2 aromatic rings. The Bertz CT molecular complexity index is 820. The highest BCUT2D eigenvalue weighted by molar-refractivity contribution is 9.10. The molecule has 2 aromatic carbocycles. The van der Waals surface area contributed by atoms with E-state index < -0.39 is 10.0 Å². The van der Waals surface area contributed by atoms with Crippen molar-refractivity contribution in [2.75, 3.05) is 5.32 Å². The molecule has 1 atom stereocenters. The zero-order valence-corrected chi connectivity index (χ0v) is 15.8. The molecule has 0 aliphatic carbocycles. The van der Waals surface area contributed by atoms with E-state index in [-0.39, 0.29) is 16.8 Å². The molecule has 0 saturated heterocycles. The second kappa shape index (κ2) is 7.92. The van der Waals surface area contributed by atoms with Gasteiger partial charge in [-0.05, 0) is 55.8 Å². The van der Waals surface area contributed by atoms with Crippen LogP contribution in [0.4, 0.5) is 5.69 Å². The molecule has 0 spiro atoms. The van der Waals surface area contributed by atoms with E-state index >= 15 is 0 Å². The van der Waals surface area contributed by atoms with Crippen LogP contribution < -0.4 is 10.0 Å². The van der Waals surface area contributed by atoms with Gasteiger partial charge in [0.15, 0.2) is 0 Å². The normalized spacial score (nSPS) is 12.6. The third-order valence-corrected chi connectivity index (χ3v) is 5.58. The average Bonchev–Trinajstić information content (AvgIpc) is 2.54. The summed E-state index contributed by atoms with van der Waals surface area (Å²) in [6.07, 6.45) is 0.708. The van der Waals surface area contributed by atoms with E-state index in [0.29, 0.717) is 17.7 Å². The number of sulfonamides is 1. The van der Waals surface area contributed by atoms with Crippen molar-refractivity contribution in [3.05, 3.63) is 58.6 Å². The van der Waals surface area contributed by atoms with E-state index in [4.69, 9.17) is 0 Å². The summed E-state index contributed by atoms with van der Waals surface area (Å²) in [6.45, 7) is 3.72. The summed E-state index contributed by atoms with van der Waals surface area (Å²) in [7, 11) is -3.54. The van der Waals surface area contributed by atoms with Crippen molar-refractivity contribution >= 4 is 37.5 Å². The quantitative estimate of drug-likeness (QED) is 0.760. The number of amides is 1. The first-order valence-corrected chi connectivity index (χ1v) is 9.78. The second-order valence-electron chi connectivity index (χ2n) is 5.42. The zero-order valence-electron chi connectivity index (χ0n) is 13.4. The van der Waals surface area contributed by atoms with Crippen LogP contribution in [0.3, 0.4) is 0 Å². The molecule has 5 nitrogen and oxygen atoms in total. The van der Waals surface area contributed by atoms with Gasteiger partial charge in [0.05, 0.1) is 4.90 Å². The molecule has 1 unspecified atom stereocenters. The van der Waals surface area contributed by atoms with Gasteiger partial charge >= 0.3 is 0 Å². The third-order valence-electron chi connectivity index (χ3n) is 3.48. The SMILES string of the molecule is CCC(C)NS(=O)(=O)c1ccc(NC(=O)c2cccc(Br)c2)cc1. The summed E-state index contributed by atoms with van der Waals surface area (Å²) in [5.74, 6) is -0.260. The molecule has 0 aliphatic heterocycles. The highest BCUT2D eigenvalue weighted by atomic mass is 79.9. The van der Waals surface area contributed by atoms with Crippen molar-refractivity contribution in [3.8, 4) is 0 Å². The van der Waals surface area contributed by atoms with Crippen LogP contribution in [0.15, 0.2) is 57.9 Å². The molecule has 0 heterocycles. The number of anilines is 1. The van der Waals surface area contributed by atoms with Crippen LogP contribution in [0, 0.1) is 0 Å². The van der Waals surface area contributed by atoms with Gasteiger partial charge in [-0.15, -0.1) is 0 Å². The van der Waals surface area contributed by atoms with Crippen LogP contribution >= 0.6 is 15.9 Å². The maximum Gasteiger partial charge on any atom is 0.255 e. The van der Waals surface area contributed by atoms with Crippen molar-refractivity contribution < 1.29 is 13.2 Å². The summed E-state index contributed by atoms with van der Waals surface area (Å²) < 4.78 is 27.8. The van der Waals surface area contributed by atoms with E-state index in [2.05, 4.69) is 26.0 Å². The molecular formula is C17H19BrN2O3S. The number of hydrogen-bond donors (Lipinski definition) is 2. The Hall–Kier alpha value is -1.70. The standard InChI is InChI=1S/C17H19BrN2O3S/c1-3-12(2)20-24(22,23)16-9-7-15(8-10-16)19-17(21)13-5-4-6-14(18)11-13/h4-12,20H,3H2,1-2H3,(H,19,21). The maximum absolute atomic E-state index is 12.2. The monoisotopic (exact) mass is 410 g/mol. The van der Waals surface area contributed by atoms with Crippen molar-refractivity contribution in [3.63, 3.8) is 0 Å². The van der Waals surface area contributed by atoms with Crippen LogP contribution in [-0.4, -0.2) is 20.4 Å². The molecule has 0 bridgehead atoms. The van der Waals surface area contributed by atoms with Gasteiger partial charge in [-0.25, -0.2) is 13.1 Å². The average molecular weight is 411 g/mol. The molecule has 24 heavy (non-hydrogen) atoms. The maximum atomic E-state index is 12.2. The first kappa shape index (κ1) is 18.6. The largest absolute Gasteiger partial charge is 0.322 e. The number of carbonyl (C=O) groups excluding carboxylic acids is 1. The molecule has 0 aromatic heterocycles.